The molecule has 1 atom stereocenters. The van der Waals surface area contributed by atoms with Gasteiger partial charge in [-0.2, -0.15) is 0 Å². The zero-order valence-corrected chi connectivity index (χ0v) is 8.56. The minimum atomic E-state index is -0.234. The maximum atomic E-state index is 11.6. The minimum absolute atomic E-state index is 0.0402. The summed E-state index contributed by atoms with van der Waals surface area (Å²) in [5.74, 6) is -0.0402. The molecular weight excluding hydrogens is 166 g/mol. The first-order valence-electron chi connectivity index (χ1n) is 5.04. The molecule has 1 N–H and O–H groups in total. The Kier molecular flexibility index (Phi) is 3.72. The smallest absolute Gasteiger partial charge is 0.313 e. The third kappa shape index (κ3) is 2.21. The van der Waals surface area contributed by atoms with E-state index in [1.165, 1.54) is 7.11 Å². The van der Waals surface area contributed by atoms with Gasteiger partial charge in [0.1, 0.15) is 0 Å². The number of hydrogen-bond donors (Lipinski definition) is 1. The van der Waals surface area contributed by atoms with E-state index < -0.39 is 0 Å². The van der Waals surface area contributed by atoms with E-state index in [2.05, 4.69) is 12.2 Å². The molecule has 76 valence electrons. The van der Waals surface area contributed by atoms with Crippen molar-refractivity contribution in [3.8, 4) is 0 Å². The van der Waals surface area contributed by atoms with Crippen LogP contribution in [-0.4, -0.2) is 26.2 Å². The van der Waals surface area contributed by atoms with Crippen LogP contribution in [0.3, 0.4) is 0 Å². The predicted octanol–water partition coefficient (Wildman–Crippen LogP) is 1.33. The molecule has 1 fully saturated rings. The highest BCUT2D eigenvalue weighted by Crippen LogP contribution is 2.32. The van der Waals surface area contributed by atoms with Crippen molar-refractivity contribution in [2.24, 2.45) is 5.41 Å². The van der Waals surface area contributed by atoms with Crippen LogP contribution in [0.2, 0.25) is 0 Å². The summed E-state index contributed by atoms with van der Waals surface area (Å²) in [6.07, 6.45) is 4.03. The highest BCUT2D eigenvalue weighted by Gasteiger charge is 2.39. The van der Waals surface area contributed by atoms with Gasteiger partial charge in [-0.25, -0.2) is 0 Å². The lowest BCUT2D eigenvalue weighted by Gasteiger charge is -2.34. The standard InChI is InChI=1S/C10H19NO2/c1-3-5-10(9(12)13-2)6-4-7-11-8-10/h11H,3-8H2,1-2H3/t10-/m0/s1. The van der Waals surface area contributed by atoms with E-state index in [1.807, 2.05) is 0 Å². The summed E-state index contributed by atoms with van der Waals surface area (Å²) in [6, 6.07) is 0. The molecule has 0 aromatic carbocycles. The molecule has 3 nitrogen and oxygen atoms in total. The van der Waals surface area contributed by atoms with Crippen molar-refractivity contribution in [3.63, 3.8) is 0 Å². The molecule has 0 unspecified atom stereocenters. The Labute approximate surface area is 79.8 Å². The van der Waals surface area contributed by atoms with E-state index in [0.717, 1.165) is 38.8 Å². The van der Waals surface area contributed by atoms with E-state index in [-0.39, 0.29) is 11.4 Å². The molecule has 1 aliphatic heterocycles. The third-order valence-corrected chi connectivity index (χ3v) is 2.82. The van der Waals surface area contributed by atoms with Crippen LogP contribution in [0.15, 0.2) is 0 Å². The second-order valence-corrected chi connectivity index (χ2v) is 3.80. The number of methoxy groups -OCH3 is 1. The molecule has 0 spiro atoms. The number of nitrogens with one attached hydrogen (secondary N) is 1. The molecule has 0 radical (unpaired) electrons. The van der Waals surface area contributed by atoms with Crippen molar-refractivity contribution in [1.82, 2.24) is 5.32 Å². The van der Waals surface area contributed by atoms with E-state index >= 15 is 0 Å². The van der Waals surface area contributed by atoms with Crippen LogP contribution in [0.1, 0.15) is 32.6 Å². The topological polar surface area (TPSA) is 38.3 Å². The predicted molar refractivity (Wildman–Crippen MR) is 51.5 cm³/mol. The third-order valence-electron chi connectivity index (χ3n) is 2.82. The van der Waals surface area contributed by atoms with Crippen LogP contribution in [0.5, 0.6) is 0 Å². The van der Waals surface area contributed by atoms with Crippen molar-refractivity contribution < 1.29 is 9.53 Å². The Hall–Kier alpha value is -0.570. The first kappa shape index (κ1) is 10.5. The molecule has 1 saturated heterocycles. The second-order valence-electron chi connectivity index (χ2n) is 3.80. The first-order valence-corrected chi connectivity index (χ1v) is 5.04. The van der Waals surface area contributed by atoms with Gasteiger partial charge in [-0.3, -0.25) is 4.79 Å². The number of piperidine rings is 1. The molecule has 0 aromatic rings. The number of rotatable bonds is 3. The zero-order chi connectivity index (χ0) is 9.73. The molecule has 0 amide bonds. The lowest BCUT2D eigenvalue weighted by Crippen LogP contribution is -2.46. The van der Waals surface area contributed by atoms with Gasteiger partial charge in [0.15, 0.2) is 0 Å². The maximum Gasteiger partial charge on any atom is 0.313 e. The van der Waals surface area contributed by atoms with Crippen molar-refractivity contribution in [1.29, 1.82) is 0 Å². The van der Waals surface area contributed by atoms with Gasteiger partial charge in [0.2, 0.25) is 0 Å². The SMILES string of the molecule is CCC[C@]1(C(=O)OC)CCCNC1. The molecule has 0 aliphatic carbocycles. The second kappa shape index (κ2) is 4.61. The Morgan fingerprint density at radius 1 is 1.62 bits per heavy atom. The number of carbonyl (C=O) groups is 1. The lowest BCUT2D eigenvalue weighted by atomic mass is 9.77. The van der Waals surface area contributed by atoms with E-state index in [4.69, 9.17) is 4.74 Å². The zero-order valence-electron chi connectivity index (χ0n) is 8.56. The van der Waals surface area contributed by atoms with E-state index in [1.54, 1.807) is 0 Å². The fourth-order valence-corrected chi connectivity index (χ4v) is 2.15. The van der Waals surface area contributed by atoms with Gasteiger partial charge in [-0.05, 0) is 25.8 Å². The molecule has 0 bridgehead atoms. The summed E-state index contributed by atoms with van der Waals surface area (Å²) in [7, 11) is 1.48. The Bertz CT molecular complexity index is 168. The summed E-state index contributed by atoms with van der Waals surface area (Å²) < 4.78 is 4.87. The van der Waals surface area contributed by atoms with Gasteiger partial charge in [0.05, 0.1) is 12.5 Å². The largest absolute Gasteiger partial charge is 0.469 e. The van der Waals surface area contributed by atoms with Gasteiger partial charge >= 0.3 is 5.97 Å². The molecule has 3 heteroatoms. The van der Waals surface area contributed by atoms with Gasteiger partial charge < -0.3 is 10.1 Å². The fraction of sp³-hybridized carbons (Fsp3) is 0.900. The number of hydrogen-bond acceptors (Lipinski definition) is 3. The molecular formula is C10H19NO2. The highest BCUT2D eigenvalue weighted by molar-refractivity contribution is 5.77. The Balaban J connectivity index is 2.66. The van der Waals surface area contributed by atoms with Crippen LogP contribution in [0, 0.1) is 5.41 Å². The van der Waals surface area contributed by atoms with E-state index in [0.29, 0.717) is 0 Å². The highest BCUT2D eigenvalue weighted by atomic mass is 16.5. The summed E-state index contributed by atoms with van der Waals surface area (Å²) in [5, 5.41) is 3.27. The van der Waals surface area contributed by atoms with Gasteiger partial charge in [-0.1, -0.05) is 13.3 Å². The Morgan fingerprint density at radius 3 is 2.85 bits per heavy atom. The molecule has 1 heterocycles. The molecule has 0 aromatic heterocycles. The quantitative estimate of drug-likeness (QED) is 0.674. The van der Waals surface area contributed by atoms with Crippen molar-refractivity contribution in [2.75, 3.05) is 20.2 Å². The molecule has 1 rings (SSSR count). The summed E-state index contributed by atoms with van der Waals surface area (Å²) in [5.41, 5.74) is -0.234. The van der Waals surface area contributed by atoms with Crippen LogP contribution in [0.25, 0.3) is 0 Å². The monoisotopic (exact) mass is 185 g/mol. The van der Waals surface area contributed by atoms with Crippen LogP contribution < -0.4 is 5.32 Å². The fourth-order valence-electron chi connectivity index (χ4n) is 2.15. The Morgan fingerprint density at radius 2 is 2.38 bits per heavy atom. The summed E-state index contributed by atoms with van der Waals surface area (Å²) >= 11 is 0. The van der Waals surface area contributed by atoms with Crippen molar-refractivity contribution >= 4 is 5.97 Å². The normalized spacial score (nSPS) is 28.5. The van der Waals surface area contributed by atoms with Crippen molar-refractivity contribution in [2.45, 2.75) is 32.6 Å². The number of carbonyl (C=O) groups excluding carboxylic acids is 1. The molecule has 0 saturated carbocycles. The van der Waals surface area contributed by atoms with Gasteiger partial charge in [0.25, 0.3) is 0 Å². The number of esters is 1. The molecule has 13 heavy (non-hydrogen) atoms. The summed E-state index contributed by atoms with van der Waals surface area (Å²) in [6.45, 7) is 3.93. The minimum Gasteiger partial charge on any atom is -0.469 e. The average molecular weight is 185 g/mol. The molecule has 1 aliphatic rings. The summed E-state index contributed by atoms with van der Waals surface area (Å²) in [4.78, 5) is 11.6. The lowest BCUT2D eigenvalue weighted by molar-refractivity contribution is -0.154. The maximum absolute atomic E-state index is 11.6. The van der Waals surface area contributed by atoms with Gasteiger partial charge in [0, 0.05) is 6.54 Å². The average Bonchev–Trinajstić information content (AvgIpc) is 2.18. The van der Waals surface area contributed by atoms with E-state index in [9.17, 15) is 4.79 Å². The van der Waals surface area contributed by atoms with Crippen LogP contribution in [-0.2, 0) is 9.53 Å². The first-order chi connectivity index (χ1) is 6.25. The van der Waals surface area contributed by atoms with Crippen LogP contribution >= 0.6 is 0 Å². The van der Waals surface area contributed by atoms with Crippen molar-refractivity contribution in [3.05, 3.63) is 0 Å². The van der Waals surface area contributed by atoms with Gasteiger partial charge in [-0.15, -0.1) is 0 Å². The van der Waals surface area contributed by atoms with Crippen LogP contribution in [0.4, 0.5) is 0 Å². The number of ether oxygens (including phenoxy) is 1.